The number of nitrogens with zero attached hydrogens (tertiary/aromatic N) is 5. The van der Waals surface area contributed by atoms with Crippen molar-refractivity contribution in [2.75, 3.05) is 64.4 Å². The largest absolute Gasteiger partial charge is 0.507 e. The van der Waals surface area contributed by atoms with Crippen LogP contribution in [0.15, 0.2) is 103 Å². The normalized spacial score (nSPS) is 21.2. The van der Waals surface area contributed by atoms with Gasteiger partial charge in [0.1, 0.15) is 11.6 Å². The number of allylic oxidation sites excluding steroid dienone is 1. The molecule has 13 nitrogen and oxygen atoms in total. The number of fused-ring (bicyclic) bond motifs is 1. The third-order valence-electron chi connectivity index (χ3n) is 13.4. The molecular formula is C48H61N9O4. The Bertz CT molecular complexity index is 2310. The van der Waals surface area contributed by atoms with Crippen LogP contribution in [0.1, 0.15) is 77.7 Å². The van der Waals surface area contributed by atoms with Crippen LogP contribution >= 0.6 is 0 Å². The Balaban J connectivity index is 0.837. The monoisotopic (exact) mass is 827 g/mol. The van der Waals surface area contributed by atoms with E-state index in [2.05, 4.69) is 63.5 Å². The molecule has 3 aromatic carbocycles. The molecule has 0 bridgehead atoms. The number of carbonyl (C=O) groups is 2. The van der Waals surface area contributed by atoms with Gasteiger partial charge in [-0.3, -0.25) is 9.69 Å². The van der Waals surface area contributed by atoms with E-state index in [1.165, 1.54) is 11.2 Å². The quantitative estimate of drug-likeness (QED) is 0.117. The van der Waals surface area contributed by atoms with Gasteiger partial charge in [-0.25, -0.2) is 4.79 Å². The minimum Gasteiger partial charge on any atom is -0.507 e. The Labute approximate surface area is 359 Å². The molecule has 2 atom stereocenters. The number of para-hydroxylation sites is 1. The molecule has 0 saturated carbocycles. The van der Waals surface area contributed by atoms with Crippen LogP contribution < -0.4 is 27.4 Å². The molecule has 4 aliphatic rings. The molecular weight excluding hydrogens is 767 g/mol. The number of aryl methyl sites for hydroxylation is 1. The van der Waals surface area contributed by atoms with Crippen LogP contribution in [0.4, 0.5) is 10.5 Å². The second-order valence-electron chi connectivity index (χ2n) is 17.3. The van der Waals surface area contributed by atoms with Crippen LogP contribution in [0, 0.1) is 12.8 Å². The van der Waals surface area contributed by atoms with Gasteiger partial charge in [0.25, 0.3) is 5.91 Å². The number of hydrogen-bond donors (Lipinski definition) is 5. The van der Waals surface area contributed by atoms with Crippen LogP contribution in [-0.4, -0.2) is 102 Å². The fourth-order valence-corrected chi connectivity index (χ4v) is 10.0. The summed E-state index contributed by atoms with van der Waals surface area (Å²) >= 11 is 0. The maximum atomic E-state index is 13.7. The maximum absolute atomic E-state index is 13.7. The van der Waals surface area contributed by atoms with Crippen molar-refractivity contribution >= 4 is 34.2 Å². The minimum atomic E-state index is -0.109. The topological polar surface area (TPSA) is 172 Å². The number of aromatic nitrogens is 1. The summed E-state index contributed by atoms with van der Waals surface area (Å²) in [5.74, 6) is 0.971. The lowest BCUT2D eigenvalue weighted by molar-refractivity contribution is 0.0353. The van der Waals surface area contributed by atoms with E-state index in [1.54, 1.807) is 31.4 Å². The van der Waals surface area contributed by atoms with E-state index < -0.39 is 0 Å². The number of amides is 3. The van der Waals surface area contributed by atoms with Gasteiger partial charge in [0, 0.05) is 111 Å². The molecule has 8 rings (SSSR count). The van der Waals surface area contributed by atoms with Gasteiger partial charge in [-0.05, 0) is 99.0 Å². The zero-order chi connectivity index (χ0) is 42.8. The van der Waals surface area contributed by atoms with Gasteiger partial charge in [0.15, 0.2) is 0 Å². The first-order chi connectivity index (χ1) is 29.5. The molecule has 0 aliphatic carbocycles. The number of methoxy groups -OCH3 is 1. The summed E-state index contributed by atoms with van der Waals surface area (Å²) in [6.07, 6.45) is 7.38. The number of benzene rings is 3. The van der Waals surface area contributed by atoms with Crippen molar-refractivity contribution in [1.82, 2.24) is 24.6 Å². The predicted octanol–water partition coefficient (Wildman–Crippen LogP) is 6.17. The van der Waals surface area contributed by atoms with E-state index in [-0.39, 0.29) is 35.5 Å². The molecule has 0 radical (unpaired) electrons. The van der Waals surface area contributed by atoms with Gasteiger partial charge in [-0.15, -0.1) is 0 Å². The van der Waals surface area contributed by atoms with Crippen LogP contribution in [0.2, 0.25) is 0 Å². The second kappa shape index (κ2) is 18.0. The molecule has 8 N–H and O–H groups in total. The van der Waals surface area contributed by atoms with Gasteiger partial charge in [0.2, 0.25) is 0 Å². The molecule has 5 heterocycles. The second-order valence-corrected chi connectivity index (χ2v) is 17.3. The van der Waals surface area contributed by atoms with E-state index in [9.17, 15) is 14.7 Å². The molecule has 4 fully saturated rings. The van der Waals surface area contributed by atoms with Crippen LogP contribution in [-0.2, 0) is 4.74 Å². The first-order valence-corrected chi connectivity index (χ1v) is 21.7. The molecule has 13 heteroatoms. The summed E-state index contributed by atoms with van der Waals surface area (Å²) in [6.45, 7) is 12.7. The number of anilines is 1. The number of urea groups is 1. The Morgan fingerprint density at radius 2 is 1.66 bits per heavy atom. The summed E-state index contributed by atoms with van der Waals surface area (Å²) in [5.41, 5.74) is 26.3. The number of piperidine rings is 3. The molecule has 4 aliphatic heterocycles. The molecule has 322 valence electrons. The number of ether oxygens (including phenoxy) is 1. The third kappa shape index (κ3) is 8.94. The molecule has 4 saturated heterocycles. The van der Waals surface area contributed by atoms with Crippen molar-refractivity contribution in [3.05, 3.63) is 125 Å². The van der Waals surface area contributed by atoms with E-state index in [1.807, 2.05) is 34.1 Å². The highest BCUT2D eigenvalue weighted by atomic mass is 16.5. The number of rotatable bonds is 10. The van der Waals surface area contributed by atoms with Crippen molar-refractivity contribution in [3.8, 4) is 5.75 Å². The van der Waals surface area contributed by atoms with E-state index in [0.717, 1.165) is 93.6 Å². The van der Waals surface area contributed by atoms with Crippen LogP contribution in [0.25, 0.3) is 16.6 Å². The summed E-state index contributed by atoms with van der Waals surface area (Å²) < 4.78 is 8.35. The fourth-order valence-electron chi connectivity index (χ4n) is 10.0. The van der Waals surface area contributed by atoms with Crippen LogP contribution in [0.3, 0.4) is 0 Å². The Morgan fingerprint density at radius 1 is 0.918 bits per heavy atom. The van der Waals surface area contributed by atoms with E-state index in [4.69, 9.17) is 21.9 Å². The lowest BCUT2D eigenvalue weighted by Crippen LogP contribution is -2.45. The van der Waals surface area contributed by atoms with E-state index in [0.29, 0.717) is 54.1 Å². The summed E-state index contributed by atoms with van der Waals surface area (Å²) in [7, 11) is 1.71. The average Bonchev–Trinajstić information content (AvgIpc) is 3.61. The highest BCUT2D eigenvalue weighted by Gasteiger charge is 2.32. The molecule has 1 aromatic heterocycles. The lowest BCUT2D eigenvalue weighted by Gasteiger charge is -2.39. The highest BCUT2D eigenvalue weighted by Crippen LogP contribution is 2.37. The standard InChI is InChI=1S/C48H61N9O4/c1-31-15-24-56(48(60)52-31)42-8-6-9-43-40(42)25-32(2)57(43)37-18-20-53(21-19-37)28-33-16-22-54(23-17-33)47(59)35-13-11-34(12-14-35)36-26-38(61-3)30-55(29-36)44(46(50)51)27-41(49)39-7-4-5-10-45(39)58/h4-14,25,27,33,36-38,58H,1,15-24,26,28-30,49-51H2,2-3H3,(H,52,60)/b41-27-. The maximum Gasteiger partial charge on any atom is 0.326 e. The van der Waals surface area contributed by atoms with Crippen molar-refractivity contribution < 1.29 is 19.4 Å². The van der Waals surface area contributed by atoms with Gasteiger partial charge < -0.3 is 51.6 Å². The zero-order valence-electron chi connectivity index (χ0n) is 35.6. The van der Waals surface area contributed by atoms with Crippen molar-refractivity contribution in [3.63, 3.8) is 0 Å². The van der Waals surface area contributed by atoms with Gasteiger partial charge in [-0.2, -0.15) is 0 Å². The Kier molecular flexibility index (Phi) is 12.3. The first kappa shape index (κ1) is 41.8. The molecule has 4 aromatic rings. The van der Waals surface area contributed by atoms with E-state index >= 15 is 0 Å². The number of carbonyl (C=O) groups excluding carboxylic acids is 2. The number of nitrogens with two attached hydrogens (primary N) is 3. The SMILES string of the molecule is C=C1CCN(c2cccc3c2cc(C)n3C2CCN(CC3CCN(C(=O)c4ccc(C5CC(OC)CN(C(/C=C(\N)c6ccccc6O)=C(N)N)C5)cc4)CC3)CC2)C(=O)N1. The summed E-state index contributed by atoms with van der Waals surface area (Å²) in [5, 5.41) is 14.4. The third-order valence-corrected chi connectivity index (χ3v) is 13.4. The first-order valence-electron chi connectivity index (χ1n) is 21.7. The van der Waals surface area contributed by atoms with Crippen molar-refractivity contribution in [1.29, 1.82) is 0 Å². The van der Waals surface area contributed by atoms with Gasteiger partial charge in [0.05, 0.1) is 23.0 Å². The number of hydrogen-bond acceptors (Lipinski definition) is 9. The Hall–Kier alpha value is -5.92. The molecule has 0 spiro atoms. The van der Waals surface area contributed by atoms with Gasteiger partial charge >= 0.3 is 6.03 Å². The number of phenolic OH excluding ortho intramolecular Hbond substituents is 1. The average molecular weight is 828 g/mol. The van der Waals surface area contributed by atoms with Crippen LogP contribution in [0.5, 0.6) is 5.75 Å². The smallest absolute Gasteiger partial charge is 0.326 e. The number of phenols is 1. The minimum absolute atomic E-state index is 0.0716. The predicted molar refractivity (Wildman–Crippen MR) is 241 cm³/mol. The number of likely N-dealkylation sites (tertiary alicyclic amines) is 3. The number of nitrogens with one attached hydrogen (secondary N) is 1. The summed E-state index contributed by atoms with van der Waals surface area (Å²) in [6, 6.07) is 23.8. The Morgan fingerprint density at radius 3 is 2.34 bits per heavy atom. The molecule has 61 heavy (non-hydrogen) atoms. The molecule has 2 unspecified atom stereocenters. The van der Waals surface area contributed by atoms with Crippen molar-refractivity contribution in [2.24, 2.45) is 23.1 Å². The fraction of sp³-hybridized carbons (Fsp3) is 0.417. The number of aromatic hydroxyl groups is 1. The van der Waals surface area contributed by atoms with Gasteiger partial charge in [-0.1, -0.05) is 36.9 Å². The zero-order valence-corrected chi connectivity index (χ0v) is 35.6. The molecule has 3 amide bonds. The van der Waals surface area contributed by atoms with Crippen molar-refractivity contribution in [2.45, 2.75) is 63.5 Å². The summed E-state index contributed by atoms with van der Waals surface area (Å²) in [4.78, 5) is 35.1. The highest BCUT2D eigenvalue weighted by molar-refractivity contribution is 6.04. The lowest BCUT2D eigenvalue weighted by atomic mass is 9.88.